The third-order valence-corrected chi connectivity index (χ3v) is 4.45. The molecule has 6 nitrogen and oxygen atoms in total. The molecule has 0 aromatic heterocycles. The number of hydrogen-bond donors (Lipinski definition) is 2. The molecule has 6 heteroatoms. The minimum atomic E-state index is -2.09. The van der Waals surface area contributed by atoms with Gasteiger partial charge < -0.3 is 14.9 Å². The third kappa shape index (κ3) is 4.81. The fourth-order valence-electron chi connectivity index (χ4n) is 2.99. The Morgan fingerprint density at radius 2 is 1.43 bits per heavy atom. The van der Waals surface area contributed by atoms with Crippen molar-refractivity contribution in [3.8, 4) is 0 Å². The van der Waals surface area contributed by atoms with Gasteiger partial charge in [-0.3, -0.25) is 9.59 Å². The van der Waals surface area contributed by atoms with Gasteiger partial charge in [0.1, 0.15) is 6.10 Å². The first-order chi connectivity index (χ1) is 10.8. The molecule has 1 saturated carbocycles. The van der Waals surface area contributed by atoms with Gasteiger partial charge in [0, 0.05) is 5.57 Å². The summed E-state index contributed by atoms with van der Waals surface area (Å²) in [5, 5.41) is 19.3. The van der Waals surface area contributed by atoms with E-state index in [4.69, 9.17) is 4.74 Å². The van der Waals surface area contributed by atoms with Crippen molar-refractivity contribution < 1.29 is 29.3 Å². The monoisotopic (exact) mass is 326 g/mol. The number of esters is 1. The van der Waals surface area contributed by atoms with Crippen molar-refractivity contribution in [1.29, 1.82) is 0 Å². The van der Waals surface area contributed by atoms with Crippen molar-refractivity contribution in [2.75, 3.05) is 0 Å². The van der Waals surface area contributed by atoms with Crippen LogP contribution in [-0.4, -0.2) is 34.2 Å². The molecule has 0 aromatic rings. The maximum atomic E-state index is 11.9. The molecule has 0 saturated heterocycles. The van der Waals surface area contributed by atoms with E-state index in [1.54, 1.807) is 0 Å². The molecule has 0 heterocycles. The van der Waals surface area contributed by atoms with Crippen molar-refractivity contribution in [2.24, 2.45) is 5.41 Å². The second kappa shape index (κ2) is 8.70. The van der Waals surface area contributed by atoms with Gasteiger partial charge in [-0.2, -0.15) is 0 Å². The van der Waals surface area contributed by atoms with E-state index in [0.29, 0.717) is 12.8 Å². The highest BCUT2D eigenvalue weighted by atomic mass is 16.5. The summed E-state index contributed by atoms with van der Waals surface area (Å²) in [4.78, 5) is 35.5. The van der Waals surface area contributed by atoms with Crippen LogP contribution in [0.4, 0.5) is 0 Å². The number of hydrogen-bond acceptors (Lipinski definition) is 4. The molecule has 2 N–H and O–H groups in total. The molecule has 0 amide bonds. The van der Waals surface area contributed by atoms with Crippen LogP contribution in [0.25, 0.3) is 0 Å². The quantitative estimate of drug-likeness (QED) is 0.467. The zero-order chi connectivity index (χ0) is 17.5. The van der Waals surface area contributed by atoms with E-state index in [1.807, 2.05) is 0 Å². The van der Waals surface area contributed by atoms with E-state index in [9.17, 15) is 24.6 Å². The maximum absolute atomic E-state index is 11.9. The average Bonchev–Trinajstić information content (AvgIpc) is 2.51. The van der Waals surface area contributed by atoms with Crippen LogP contribution in [0.1, 0.15) is 64.7 Å². The molecule has 1 aliphatic carbocycles. The van der Waals surface area contributed by atoms with E-state index < -0.39 is 29.4 Å². The Kier molecular flexibility index (Phi) is 7.26. The SMILES string of the molecule is C=C(C)C(=O)OC1CCCCCCCCCC1(C(=O)O)C(=O)O. The lowest BCUT2D eigenvalue weighted by Crippen LogP contribution is -2.51. The van der Waals surface area contributed by atoms with Gasteiger partial charge in [-0.15, -0.1) is 0 Å². The molecule has 0 aliphatic heterocycles. The largest absolute Gasteiger partial charge is 0.480 e. The molecular formula is C17H26O6. The van der Waals surface area contributed by atoms with Gasteiger partial charge in [0.05, 0.1) is 0 Å². The normalized spacial score (nSPS) is 22.4. The molecule has 1 aliphatic rings. The number of carbonyl (C=O) groups is 3. The highest BCUT2D eigenvalue weighted by Gasteiger charge is 2.54. The van der Waals surface area contributed by atoms with Gasteiger partial charge in [-0.05, 0) is 26.2 Å². The lowest BCUT2D eigenvalue weighted by Gasteiger charge is -2.33. The third-order valence-electron chi connectivity index (χ3n) is 4.45. The van der Waals surface area contributed by atoms with Crippen molar-refractivity contribution in [2.45, 2.75) is 70.8 Å². The second-order valence-corrected chi connectivity index (χ2v) is 6.27. The van der Waals surface area contributed by atoms with E-state index in [0.717, 1.165) is 32.1 Å². The van der Waals surface area contributed by atoms with Crippen molar-refractivity contribution in [3.05, 3.63) is 12.2 Å². The Morgan fingerprint density at radius 1 is 0.957 bits per heavy atom. The Balaban J connectivity index is 3.16. The summed E-state index contributed by atoms with van der Waals surface area (Å²) in [6, 6.07) is 0. The molecule has 1 fully saturated rings. The minimum Gasteiger partial charge on any atom is -0.480 e. The molecule has 0 spiro atoms. The first kappa shape index (κ1) is 19.2. The predicted molar refractivity (Wildman–Crippen MR) is 84.0 cm³/mol. The minimum absolute atomic E-state index is 0.0359. The predicted octanol–water partition coefficient (Wildman–Crippen LogP) is 3.15. The second-order valence-electron chi connectivity index (χ2n) is 6.27. The topological polar surface area (TPSA) is 101 Å². The Hall–Kier alpha value is -1.85. The summed E-state index contributed by atoms with van der Waals surface area (Å²) >= 11 is 0. The standard InChI is InChI=1S/C17H26O6/c1-12(2)14(18)23-13-10-8-6-4-3-5-7-9-11-17(13,15(19)20)16(21)22/h13H,1,3-11H2,2H3,(H,19,20)(H,21,22). The van der Waals surface area contributed by atoms with Crippen molar-refractivity contribution in [1.82, 2.24) is 0 Å². The van der Waals surface area contributed by atoms with E-state index in [2.05, 4.69) is 6.58 Å². The number of carbonyl (C=O) groups excluding carboxylic acids is 1. The van der Waals surface area contributed by atoms with Gasteiger partial charge in [0.25, 0.3) is 0 Å². The molecular weight excluding hydrogens is 300 g/mol. The number of rotatable bonds is 4. The fourth-order valence-corrected chi connectivity index (χ4v) is 2.99. The van der Waals surface area contributed by atoms with Crippen LogP contribution < -0.4 is 0 Å². The Bertz CT molecular complexity index is 454. The van der Waals surface area contributed by atoms with Gasteiger partial charge >= 0.3 is 17.9 Å². The van der Waals surface area contributed by atoms with Gasteiger partial charge in [0.2, 0.25) is 5.41 Å². The zero-order valence-electron chi connectivity index (χ0n) is 13.7. The van der Waals surface area contributed by atoms with Crippen molar-refractivity contribution in [3.63, 3.8) is 0 Å². The lowest BCUT2D eigenvalue weighted by molar-refractivity contribution is -0.181. The van der Waals surface area contributed by atoms with E-state index in [-0.39, 0.29) is 18.4 Å². The lowest BCUT2D eigenvalue weighted by atomic mass is 9.75. The number of carboxylic acids is 2. The smallest absolute Gasteiger partial charge is 0.333 e. The average molecular weight is 326 g/mol. The molecule has 0 radical (unpaired) electrons. The zero-order valence-corrected chi connectivity index (χ0v) is 13.7. The Labute approximate surface area is 136 Å². The molecule has 23 heavy (non-hydrogen) atoms. The van der Waals surface area contributed by atoms with Crippen LogP contribution in [0.3, 0.4) is 0 Å². The van der Waals surface area contributed by atoms with Gasteiger partial charge in [0.15, 0.2) is 0 Å². The van der Waals surface area contributed by atoms with Gasteiger partial charge in [-0.25, -0.2) is 4.79 Å². The highest BCUT2D eigenvalue weighted by Crippen LogP contribution is 2.36. The van der Waals surface area contributed by atoms with Crippen molar-refractivity contribution >= 4 is 17.9 Å². The molecule has 0 bridgehead atoms. The molecule has 1 unspecified atom stereocenters. The maximum Gasteiger partial charge on any atom is 0.333 e. The van der Waals surface area contributed by atoms with Crippen LogP contribution >= 0.6 is 0 Å². The summed E-state index contributed by atoms with van der Waals surface area (Å²) in [5.74, 6) is -3.62. The fraction of sp³-hybridized carbons (Fsp3) is 0.706. The van der Waals surface area contributed by atoms with Crippen LogP contribution in [-0.2, 0) is 19.1 Å². The number of aliphatic carboxylic acids is 2. The first-order valence-electron chi connectivity index (χ1n) is 8.15. The first-order valence-corrected chi connectivity index (χ1v) is 8.15. The van der Waals surface area contributed by atoms with E-state index >= 15 is 0 Å². The van der Waals surface area contributed by atoms with Gasteiger partial charge in [-0.1, -0.05) is 45.1 Å². The Morgan fingerprint density at radius 3 is 1.91 bits per heavy atom. The number of ether oxygens (including phenoxy) is 1. The molecule has 1 rings (SSSR count). The molecule has 0 aromatic carbocycles. The van der Waals surface area contributed by atoms with Crippen LogP contribution in [0.15, 0.2) is 12.2 Å². The molecule has 1 atom stereocenters. The van der Waals surface area contributed by atoms with Crippen LogP contribution in [0.5, 0.6) is 0 Å². The summed E-state index contributed by atoms with van der Waals surface area (Å²) in [6.07, 6.45) is 4.84. The summed E-state index contributed by atoms with van der Waals surface area (Å²) in [6.45, 7) is 4.93. The van der Waals surface area contributed by atoms with E-state index in [1.165, 1.54) is 6.92 Å². The summed E-state index contributed by atoms with van der Waals surface area (Å²) in [7, 11) is 0. The highest BCUT2D eigenvalue weighted by molar-refractivity contribution is 5.99. The number of carboxylic acid groups (broad SMARTS) is 2. The molecule has 130 valence electrons. The van der Waals surface area contributed by atoms with Crippen LogP contribution in [0.2, 0.25) is 0 Å². The summed E-state index contributed by atoms with van der Waals surface area (Å²) < 4.78 is 5.26. The van der Waals surface area contributed by atoms with Crippen LogP contribution in [0, 0.1) is 5.41 Å². The summed E-state index contributed by atoms with van der Waals surface area (Å²) in [5.41, 5.74) is -1.96.